The molecule has 0 saturated carbocycles. The van der Waals surface area contributed by atoms with Gasteiger partial charge in [0.1, 0.15) is 5.82 Å². The van der Waals surface area contributed by atoms with Crippen LogP contribution < -0.4 is 5.32 Å². The Hall–Kier alpha value is -0.610. The third-order valence-electron chi connectivity index (χ3n) is 2.98. The molecule has 0 spiro atoms. The van der Waals surface area contributed by atoms with Crippen LogP contribution in [0.5, 0.6) is 0 Å². The van der Waals surface area contributed by atoms with E-state index in [0.717, 1.165) is 31.1 Å². The summed E-state index contributed by atoms with van der Waals surface area (Å²) in [5.74, 6) is 1.89. The predicted molar refractivity (Wildman–Crippen MR) is 79.8 cm³/mol. The van der Waals surface area contributed by atoms with Crippen molar-refractivity contribution in [1.29, 1.82) is 0 Å². The monoisotopic (exact) mass is 267 g/mol. The van der Waals surface area contributed by atoms with Crippen molar-refractivity contribution in [2.75, 3.05) is 6.54 Å². The Labute approximate surface area is 115 Å². The SMILES string of the molecule is CCNCc1cnc(CSC(C)CC)nc1CC. The molecule has 0 amide bonds. The molecule has 1 aromatic rings. The summed E-state index contributed by atoms with van der Waals surface area (Å²) in [5, 5.41) is 4.01. The van der Waals surface area contributed by atoms with Crippen molar-refractivity contribution in [2.45, 2.75) is 58.1 Å². The molecule has 4 heteroatoms. The maximum absolute atomic E-state index is 4.68. The summed E-state index contributed by atoms with van der Waals surface area (Å²) in [6, 6.07) is 0. The first-order chi connectivity index (χ1) is 8.71. The van der Waals surface area contributed by atoms with Gasteiger partial charge in [-0.2, -0.15) is 11.8 Å². The lowest BCUT2D eigenvalue weighted by atomic mass is 10.2. The van der Waals surface area contributed by atoms with Crippen LogP contribution in [0.4, 0.5) is 0 Å². The largest absolute Gasteiger partial charge is 0.313 e. The van der Waals surface area contributed by atoms with E-state index >= 15 is 0 Å². The number of nitrogens with one attached hydrogen (secondary N) is 1. The van der Waals surface area contributed by atoms with Crippen LogP contribution in [0, 0.1) is 0 Å². The lowest BCUT2D eigenvalue weighted by molar-refractivity contribution is 0.708. The van der Waals surface area contributed by atoms with Gasteiger partial charge in [0.25, 0.3) is 0 Å². The number of hydrogen-bond donors (Lipinski definition) is 1. The average Bonchev–Trinajstić information content (AvgIpc) is 2.42. The molecule has 1 N–H and O–H groups in total. The first-order valence-corrected chi connectivity index (χ1v) is 7.92. The van der Waals surface area contributed by atoms with E-state index in [-0.39, 0.29) is 0 Å². The highest BCUT2D eigenvalue weighted by atomic mass is 32.2. The number of aryl methyl sites for hydroxylation is 1. The third-order valence-corrected chi connectivity index (χ3v) is 4.30. The van der Waals surface area contributed by atoms with Gasteiger partial charge in [-0.25, -0.2) is 9.97 Å². The van der Waals surface area contributed by atoms with Gasteiger partial charge < -0.3 is 5.32 Å². The molecule has 0 aliphatic heterocycles. The van der Waals surface area contributed by atoms with E-state index in [1.165, 1.54) is 17.7 Å². The van der Waals surface area contributed by atoms with Gasteiger partial charge in [-0.3, -0.25) is 0 Å². The van der Waals surface area contributed by atoms with Gasteiger partial charge in [-0.1, -0.05) is 27.7 Å². The first-order valence-electron chi connectivity index (χ1n) is 6.87. The molecule has 0 fully saturated rings. The Morgan fingerprint density at radius 1 is 1.33 bits per heavy atom. The second kappa shape index (κ2) is 8.48. The van der Waals surface area contributed by atoms with Crippen LogP contribution in [0.25, 0.3) is 0 Å². The van der Waals surface area contributed by atoms with Gasteiger partial charge in [0.15, 0.2) is 0 Å². The van der Waals surface area contributed by atoms with Gasteiger partial charge in [-0.15, -0.1) is 0 Å². The topological polar surface area (TPSA) is 37.8 Å². The first kappa shape index (κ1) is 15.4. The molecule has 1 atom stereocenters. The fraction of sp³-hybridized carbons (Fsp3) is 0.714. The summed E-state index contributed by atoms with van der Waals surface area (Å²) in [6.07, 6.45) is 4.16. The second-order valence-electron chi connectivity index (χ2n) is 4.42. The minimum atomic E-state index is 0.681. The zero-order valence-electron chi connectivity index (χ0n) is 12.0. The summed E-state index contributed by atoms with van der Waals surface area (Å²) in [4.78, 5) is 9.15. The number of nitrogens with zero attached hydrogens (tertiary/aromatic N) is 2. The molecule has 1 heterocycles. The molecule has 102 valence electrons. The molecule has 0 aliphatic rings. The number of rotatable bonds is 8. The summed E-state index contributed by atoms with van der Waals surface area (Å²) < 4.78 is 0. The van der Waals surface area contributed by atoms with Crippen molar-refractivity contribution in [3.05, 3.63) is 23.3 Å². The predicted octanol–water partition coefficient (Wildman–Crippen LogP) is 3.18. The smallest absolute Gasteiger partial charge is 0.138 e. The Morgan fingerprint density at radius 2 is 2.11 bits per heavy atom. The van der Waals surface area contributed by atoms with Crippen molar-refractivity contribution < 1.29 is 0 Å². The van der Waals surface area contributed by atoms with Gasteiger partial charge in [-0.05, 0) is 19.4 Å². The molecule has 1 unspecified atom stereocenters. The Balaban J connectivity index is 2.66. The molecule has 3 nitrogen and oxygen atoms in total. The van der Waals surface area contributed by atoms with Crippen LogP contribution in [-0.2, 0) is 18.7 Å². The van der Waals surface area contributed by atoms with Crippen molar-refractivity contribution in [1.82, 2.24) is 15.3 Å². The number of aromatic nitrogens is 2. The standard InChI is InChI=1S/C14H25N3S/c1-5-11(4)18-10-14-16-9-12(8-15-7-3)13(6-2)17-14/h9,11,15H,5-8,10H2,1-4H3. The molecule has 1 rings (SSSR count). The molecule has 0 saturated heterocycles. The van der Waals surface area contributed by atoms with E-state index in [0.29, 0.717) is 5.25 Å². The van der Waals surface area contributed by atoms with Gasteiger partial charge >= 0.3 is 0 Å². The Morgan fingerprint density at radius 3 is 2.72 bits per heavy atom. The molecule has 18 heavy (non-hydrogen) atoms. The van der Waals surface area contributed by atoms with E-state index in [1.54, 1.807) is 0 Å². The average molecular weight is 267 g/mol. The van der Waals surface area contributed by atoms with Gasteiger partial charge in [0.2, 0.25) is 0 Å². The minimum absolute atomic E-state index is 0.681. The van der Waals surface area contributed by atoms with E-state index in [4.69, 9.17) is 0 Å². The van der Waals surface area contributed by atoms with Crippen molar-refractivity contribution >= 4 is 11.8 Å². The second-order valence-corrected chi connectivity index (χ2v) is 5.85. The van der Waals surface area contributed by atoms with Crippen LogP contribution >= 0.6 is 11.8 Å². The third kappa shape index (κ3) is 4.94. The summed E-state index contributed by atoms with van der Waals surface area (Å²) >= 11 is 1.93. The molecule has 0 bridgehead atoms. The van der Waals surface area contributed by atoms with Crippen molar-refractivity contribution in [3.63, 3.8) is 0 Å². The highest BCUT2D eigenvalue weighted by Gasteiger charge is 2.07. The highest BCUT2D eigenvalue weighted by molar-refractivity contribution is 7.99. The summed E-state index contributed by atoms with van der Waals surface area (Å²) in [6.45, 7) is 10.6. The molecule has 0 aromatic carbocycles. The summed E-state index contributed by atoms with van der Waals surface area (Å²) in [7, 11) is 0. The molecule has 0 radical (unpaired) electrons. The lowest BCUT2D eigenvalue weighted by Gasteiger charge is -2.10. The zero-order valence-corrected chi connectivity index (χ0v) is 12.8. The lowest BCUT2D eigenvalue weighted by Crippen LogP contribution is -2.15. The number of hydrogen-bond acceptors (Lipinski definition) is 4. The Kier molecular flexibility index (Phi) is 7.28. The minimum Gasteiger partial charge on any atom is -0.313 e. The Bertz CT molecular complexity index is 355. The highest BCUT2D eigenvalue weighted by Crippen LogP contribution is 2.18. The number of thioether (sulfide) groups is 1. The summed E-state index contributed by atoms with van der Waals surface area (Å²) in [5.41, 5.74) is 2.42. The van der Waals surface area contributed by atoms with Gasteiger partial charge in [0, 0.05) is 29.2 Å². The fourth-order valence-corrected chi connectivity index (χ4v) is 2.41. The molecular formula is C14H25N3S. The van der Waals surface area contributed by atoms with Crippen LogP contribution in [0.1, 0.15) is 51.2 Å². The van der Waals surface area contributed by atoms with Gasteiger partial charge in [0.05, 0.1) is 5.75 Å². The molecular weight excluding hydrogens is 242 g/mol. The van der Waals surface area contributed by atoms with Crippen LogP contribution in [0.2, 0.25) is 0 Å². The van der Waals surface area contributed by atoms with E-state index in [9.17, 15) is 0 Å². The quantitative estimate of drug-likeness (QED) is 0.785. The van der Waals surface area contributed by atoms with E-state index < -0.39 is 0 Å². The fourth-order valence-electron chi connectivity index (χ4n) is 1.60. The zero-order chi connectivity index (χ0) is 13.4. The van der Waals surface area contributed by atoms with E-state index in [2.05, 4.69) is 43.0 Å². The molecule has 1 aromatic heterocycles. The maximum atomic E-state index is 4.68. The van der Waals surface area contributed by atoms with E-state index in [1.807, 2.05) is 18.0 Å². The molecule has 0 aliphatic carbocycles. The van der Waals surface area contributed by atoms with Crippen LogP contribution in [0.3, 0.4) is 0 Å². The van der Waals surface area contributed by atoms with Crippen LogP contribution in [-0.4, -0.2) is 21.8 Å². The van der Waals surface area contributed by atoms with Crippen molar-refractivity contribution in [3.8, 4) is 0 Å². The van der Waals surface area contributed by atoms with Crippen molar-refractivity contribution in [2.24, 2.45) is 0 Å². The maximum Gasteiger partial charge on any atom is 0.138 e. The van der Waals surface area contributed by atoms with Crippen LogP contribution in [0.15, 0.2) is 6.20 Å². The normalized spacial score (nSPS) is 12.7.